The molecule has 0 spiro atoms. The highest BCUT2D eigenvalue weighted by atomic mass is 16.6. The van der Waals surface area contributed by atoms with Crippen molar-refractivity contribution in [2.24, 2.45) is 0 Å². The van der Waals surface area contributed by atoms with Crippen molar-refractivity contribution in [2.45, 2.75) is 24.8 Å². The van der Waals surface area contributed by atoms with Crippen LogP contribution in [0.2, 0.25) is 0 Å². The molecule has 7 heteroatoms. The lowest BCUT2D eigenvalue weighted by atomic mass is 9.80. The highest BCUT2D eigenvalue weighted by Crippen LogP contribution is 2.44. The molecule has 0 saturated carbocycles. The fourth-order valence-electron chi connectivity index (χ4n) is 4.29. The average Bonchev–Trinajstić information content (AvgIpc) is 3.23. The third-order valence-electron chi connectivity index (χ3n) is 5.67. The second kappa shape index (κ2) is 7.18. The first kappa shape index (κ1) is 18.2. The van der Waals surface area contributed by atoms with Gasteiger partial charge in [0.05, 0.1) is 28.6 Å². The molecule has 3 aromatic rings. The second-order valence-electron chi connectivity index (χ2n) is 7.54. The van der Waals surface area contributed by atoms with Crippen LogP contribution in [0.15, 0.2) is 82.6 Å². The maximum Gasteiger partial charge on any atom is 0.269 e. The summed E-state index contributed by atoms with van der Waals surface area (Å²) in [4.78, 5) is 24.2. The van der Waals surface area contributed by atoms with E-state index in [9.17, 15) is 14.9 Å². The number of non-ortho nitro benzene ring substituents is 1. The summed E-state index contributed by atoms with van der Waals surface area (Å²) >= 11 is 0. The zero-order chi connectivity index (χ0) is 20.7. The van der Waals surface area contributed by atoms with E-state index in [0.717, 1.165) is 22.8 Å². The fraction of sp³-hybridized carbons (Fsp3) is 0.174. The zero-order valence-corrected chi connectivity index (χ0v) is 16.0. The number of benzene rings is 2. The first-order chi connectivity index (χ1) is 14.6. The predicted molar refractivity (Wildman–Crippen MR) is 112 cm³/mol. The van der Waals surface area contributed by atoms with Gasteiger partial charge in [-0.15, -0.1) is 0 Å². The number of ketones is 1. The van der Waals surface area contributed by atoms with Gasteiger partial charge in [0.15, 0.2) is 5.78 Å². The van der Waals surface area contributed by atoms with Gasteiger partial charge in [0, 0.05) is 35.7 Å². The number of para-hydroxylation sites is 2. The van der Waals surface area contributed by atoms with Crippen molar-refractivity contribution in [1.29, 1.82) is 0 Å². The molecule has 0 fully saturated rings. The number of anilines is 2. The van der Waals surface area contributed by atoms with Crippen molar-refractivity contribution in [3.63, 3.8) is 0 Å². The molecular formula is C23H19N3O4. The van der Waals surface area contributed by atoms with E-state index in [4.69, 9.17) is 4.42 Å². The highest BCUT2D eigenvalue weighted by Gasteiger charge is 2.37. The summed E-state index contributed by atoms with van der Waals surface area (Å²) in [6.45, 7) is 0. The van der Waals surface area contributed by atoms with Crippen LogP contribution in [-0.4, -0.2) is 10.7 Å². The van der Waals surface area contributed by atoms with Gasteiger partial charge in [-0.2, -0.15) is 0 Å². The number of carbonyl (C=O) groups is 1. The van der Waals surface area contributed by atoms with Crippen molar-refractivity contribution < 1.29 is 14.1 Å². The maximum atomic E-state index is 13.3. The summed E-state index contributed by atoms with van der Waals surface area (Å²) in [6, 6.07) is 17.4. The Labute approximate surface area is 172 Å². The van der Waals surface area contributed by atoms with Gasteiger partial charge < -0.3 is 15.1 Å². The zero-order valence-electron chi connectivity index (χ0n) is 16.0. The Hall–Kier alpha value is -3.87. The number of nitro groups is 1. The topological polar surface area (TPSA) is 97.4 Å². The summed E-state index contributed by atoms with van der Waals surface area (Å²) in [7, 11) is 0. The SMILES string of the molecule is O=C1C[C@H](c2ccco2)CC2=C1[C@@H](c1cccc([N+](=O)[O-])c1)Nc1ccccc1N2. The van der Waals surface area contributed by atoms with Crippen LogP contribution in [-0.2, 0) is 4.79 Å². The number of rotatable bonds is 3. The number of Topliss-reactive ketones (excluding diaryl/α,β-unsaturated/α-hetero) is 1. The van der Waals surface area contributed by atoms with Crippen LogP contribution in [0, 0.1) is 10.1 Å². The Balaban J connectivity index is 1.63. The second-order valence-corrected chi connectivity index (χ2v) is 7.54. The van der Waals surface area contributed by atoms with Gasteiger partial charge in [-0.1, -0.05) is 24.3 Å². The first-order valence-electron chi connectivity index (χ1n) is 9.77. The van der Waals surface area contributed by atoms with Crippen molar-refractivity contribution in [3.05, 3.63) is 99.6 Å². The normalized spacial score (nSPS) is 20.5. The van der Waals surface area contributed by atoms with Crippen molar-refractivity contribution in [2.75, 3.05) is 10.6 Å². The van der Waals surface area contributed by atoms with E-state index in [1.807, 2.05) is 42.5 Å². The van der Waals surface area contributed by atoms with Crippen LogP contribution in [0.25, 0.3) is 0 Å². The van der Waals surface area contributed by atoms with Crippen LogP contribution >= 0.6 is 0 Å². The Bertz CT molecular complexity index is 1170. The molecule has 2 atom stereocenters. The van der Waals surface area contributed by atoms with Gasteiger partial charge in [-0.25, -0.2) is 0 Å². The molecule has 2 heterocycles. The van der Waals surface area contributed by atoms with Gasteiger partial charge in [0.25, 0.3) is 5.69 Å². The number of nitrogens with one attached hydrogen (secondary N) is 2. The molecule has 0 bridgehead atoms. The van der Waals surface area contributed by atoms with Gasteiger partial charge in [0.2, 0.25) is 0 Å². The molecule has 0 amide bonds. The molecule has 2 N–H and O–H groups in total. The summed E-state index contributed by atoms with van der Waals surface area (Å²) in [5.74, 6) is 0.742. The van der Waals surface area contributed by atoms with Crippen LogP contribution in [0.5, 0.6) is 0 Å². The molecule has 7 nitrogen and oxygen atoms in total. The van der Waals surface area contributed by atoms with E-state index >= 15 is 0 Å². The number of fused-ring (bicyclic) bond motifs is 1. The average molecular weight is 401 g/mol. The largest absolute Gasteiger partial charge is 0.469 e. The Morgan fingerprint density at radius 1 is 1.00 bits per heavy atom. The van der Waals surface area contributed by atoms with Crippen molar-refractivity contribution in [1.82, 2.24) is 0 Å². The number of hydrogen-bond donors (Lipinski definition) is 2. The van der Waals surface area contributed by atoms with E-state index in [1.54, 1.807) is 12.3 Å². The molecule has 2 aliphatic rings. The molecule has 0 radical (unpaired) electrons. The highest BCUT2D eigenvalue weighted by molar-refractivity contribution is 6.01. The molecule has 2 aromatic carbocycles. The quantitative estimate of drug-likeness (QED) is 0.464. The molecule has 5 rings (SSSR count). The van der Waals surface area contributed by atoms with Crippen LogP contribution in [0.3, 0.4) is 0 Å². The molecule has 1 aromatic heterocycles. The van der Waals surface area contributed by atoms with Gasteiger partial charge in [0.1, 0.15) is 5.76 Å². The first-order valence-corrected chi connectivity index (χ1v) is 9.77. The lowest BCUT2D eigenvalue weighted by Gasteiger charge is -2.28. The minimum atomic E-state index is -0.485. The number of furan rings is 1. The summed E-state index contributed by atoms with van der Waals surface area (Å²) < 4.78 is 5.56. The smallest absolute Gasteiger partial charge is 0.269 e. The third kappa shape index (κ3) is 3.14. The van der Waals surface area contributed by atoms with E-state index in [0.29, 0.717) is 24.0 Å². The molecule has 0 unspecified atom stereocenters. The number of hydrogen-bond acceptors (Lipinski definition) is 6. The minimum absolute atomic E-state index is 0.00124. The molecule has 1 aliphatic heterocycles. The lowest BCUT2D eigenvalue weighted by molar-refractivity contribution is -0.384. The summed E-state index contributed by atoms with van der Waals surface area (Å²) in [5.41, 5.74) is 3.83. The van der Waals surface area contributed by atoms with E-state index < -0.39 is 11.0 Å². The van der Waals surface area contributed by atoms with E-state index in [2.05, 4.69) is 10.6 Å². The standard InChI is InChI=1S/C23H19N3O4/c27-20-13-15(21-9-4-10-30-21)12-19-22(20)23(14-5-3-6-16(11-14)26(28)29)25-18-8-2-1-7-17(18)24-19/h1-11,15,23-25H,12-13H2/t15-,23-/m1/s1. The monoisotopic (exact) mass is 401 g/mol. The van der Waals surface area contributed by atoms with Crippen molar-refractivity contribution >= 4 is 22.8 Å². The van der Waals surface area contributed by atoms with Crippen LogP contribution in [0.4, 0.5) is 17.1 Å². The van der Waals surface area contributed by atoms with Gasteiger partial charge in [-0.3, -0.25) is 14.9 Å². The van der Waals surface area contributed by atoms with Crippen molar-refractivity contribution in [3.8, 4) is 0 Å². The number of allylic oxidation sites excluding steroid dienone is 1. The number of nitrogens with zero attached hydrogens (tertiary/aromatic N) is 1. The number of nitro benzene ring substituents is 1. The van der Waals surface area contributed by atoms with Crippen LogP contribution < -0.4 is 10.6 Å². The molecular weight excluding hydrogens is 382 g/mol. The third-order valence-corrected chi connectivity index (χ3v) is 5.67. The van der Waals surface area contributed by atoms with Crippen LogP contribution in [0.1, 0.15) is 36.1 Å². The summed E-state index contributed by atoms with van der Waals surface area (Å²) in [6.07, 6.45) is 2.57. The minimum Gasteiger partial charge on any atom is -0.469 e. The Kier molecular flexibility index (Phi) is 4.35. The van der Waals surface area contributed by atoms with Gasteiger partial charge >= 0.3 is 0 Å². The molecule has 30 heavy (non-hydrogen) atoms. The Morgan fingerprint density at radius 2 is 1.83 bits per heavy atom. The van der Waals surface area contributed by atoms with E-state index in [-0.39, 0.29) is 17.4 Å². The maximum absolute atomic E-state index is 13.3. The van der Waals surface area contributed by atoms with Gasteiger partial charge in [-0.05, 0) is 36.2 Å². The lowest BCUT2D eigenvalue weighted by Crippen LogP contribution is -2.26. The van der Waals surface area contributed by atoms with E-state index in [1.165, 1.54) is 12.1 Å². The fourth-order valence-corrected chi connectivity index (χ4v) is 4.29. The summed E-state index contributed by atoms with van der Waals surface area (Å²) in [5, 5.41) is 18.2. The predicted octanol–water partition coefficient (Wildman–Crippen LogP) is 5.17. The number of carbonyl (C=O) groups excluding carboxylic acids is 1. The molecule has 0 saturated heterocycles. The molecule has 150 valence electrons. The molecule has 1 aliphatic carbocycles. The Morgan fingerprint density at radius 3 is 2.60 bits per heavy atom.